The molecule has 0 fully saturated rings. The molecule has 0 aromatic rings. The number of hydrogen-bond donors (Lipinski definition) is 0. The predicted octanol–water partition coefficient (Wildman–Crippen LogP) is 10.2. The lowest BCUT2D eigenvalue weighted by atomic mass is 10.1. The van der Waals surface area contributed by atoms with E-state index >= 15 is 0 Å². The Kier molecular flexibility index (Phi) is 36.4. The second-order valence-corrected chi connectivity index (χ2v) is 15.0. The molecule has 0 N–H and O–H groups in total. The molecule has 0 saturated carbocycles. The zero-order valence-electron chi connectivity index (χ0n) is 30.7. The summed E-state index contributed by atoms with van der Waals surface area (Å²) in [6, 6.07) is 0. The highest BCUT2D eigenvalue weighted by Crippen LogP contribution is 2.14. The van der Waals surface area contributed by atoms with Gasteiger partial charge >= 0.3 is 0 Å². The zero-order valence-corrected chi connectivity index (χ0v) is 31.6. The summed E-state index contributed by atoms with van der Waals surface area (Å²) in [5, 5.41) is 0. The van der Waals surface area contributed by atoms with Crippen molar-refractivity contribution < 1.29 is 26.5 Å². The maximum Gasteiger partial charge on any atom is 0.0782 e. The standard InChI is InChI=1S/2C18H40N.H2O4S/c2*1-5-7-8-9-10-11-12-13-14-15-16-17-18-19(3,4)6-2;1-5(2,3)4/h2*5-18H2,1-4H3;(H2,1,2,3,4)/q2*+1;/p-2. The first kappa shape index (κ1) is 47.2. The van der Waals surface area contributed by atoms with Gasteiger partial charge < -0.3 is 18.1 Å². The molecule has 0 unspecified atom stereocenters. The highest BCUT2D eigenvalue weighted by Gasteiger charge is 2.10. The van der Waals surface area contributed by atoms with Crippen LogP contribution in [0.15, 0.2) is 0 Å². The molecule has 0 rings (SSSR count). The van der Waals surface area contributed by atoms with Crippen LogP contribution in [0.25, 0.3) is 0 Å². The van der Waals surface area contributed by atoms with Crippen LogP contribution in [-0.4, -0.2) is 80.9 Å². The van der Waals surface area contributed by atoms with Gasteiger partial charge in [-0.25, -0.2) is 0 Å². The van der Waals surface area contributed by atoms with E-state index < -0.39 is 10.4 Å². The molecular formula is C36H80N2O4S. The summed E-state index contributed by atoms with van der Waals surface area (Å²) in [5.74, 6) is 0. The van der Waals surface area contributed by atoms with E-state index in [-0.39, 0.29) is 0 Å². The third-order valence-corrected chi connectivity index (χ3v) is 8.95. The van der Waals surface area contributed by atoms with Gasteiger partial charge in [-0.1, -0.05) is 142 Å². The Morgan fingerprint density at radius 1 is 0.372 bits per heavy atom. The average Bonchev–Trinajstić information content (AvgIpc) is 2.93. The third-order valence-electron chi connectivity index (χ3n) is 8.95. The maximum absolute atomic E-state index is 8.52. The Morgan fingerprint density at radius 2 is 0.535 bits per heavy atom. The first-order valence-corrected chi connectivity index (χ1v) is 19.9. The Balaban J connectivity index is -0.000000642. The third kappa shape index (κ3) is 51.7. The van der Waals surface area contributed by atoms with E-state index in [1.807, 2.05) is 0 Å². The summed E-state index contributed by atoms with van der Waals surface area (Å²) >= 11 is 0. The molecule has 43 heavy (non-hydrogen) atoms. The van der Waals surface area contributed by atoms with Crippen LogP contribution in [0.2, 0.25) is 0 Å². The minimum atomic E-state index is -5.17. The summed E-state index contributed by atoms with van der Waals surface area (Å²) < 4.78 is 36.5. The van der Waals surface area contributed by atoms with E-state index in [1.54, 1.807) is 0 Å². The van der Waals surface area contributed by atoms with Crippen LogP contribution in [0.4, 0.5) is 0 Å². The molecule has 0 saturated heterocycles. The van der Waals surface area contributed by atoms with Gasteiger partial charge in [0.2, 0.25) is 0 Å². The van der Waals surface area contributed by atoms with Gasteiger partial charge in [-0.2, -0.15) is 0 Å². The Labute approximate surface area is 272 Å². The van der Waals surface area contributed by atoms with E-state index in [0.717, 1.165) is 0 Å². The second kappa shape index (κ2) is 33.2. The molecule has 7 heteroatoms. The Morgan fingerprint density at radius 3 is 0.698 bits per heavy atom. The summed E-state index contributed by atoms with van der Waals surface area (Å²) in [7, 11) is 4.22. The molecule has 0 atom stereocenters. The minimum absolute atomic E-state index is 1.19. The van der Waals surface area contributed by atoms with Crippen molar-refractivity contribution in [2.45, 2.75) is 182 Å². The molecule has 0 amide bonds. The van der Waals surface area contributed by atoms with E-state index in [9.17, 15) is 0 Å². The normalized spacial score (nSPS) is 12.0. The van der Waals surface area contributed by atoms with Crippen molar-refractivity contribution in [3.63, 3.8) is 0 Å². The van der Waals surface area contributed by atoms with Crippen LogP contribution in [0.5, 0.6) is 0 Å². The van der Waals surface area contributed by atoms with Gasteiger partial charge in [0, 0.05) is 10.4 Å². The molecule has 264 valence electrons. The van der Waals surface area contributed by atoms with Crippen molar-refractivity contribution in [2.75, 3.05) is 54.4 Å². The Bertz CT molecular complexity index is 591. The highest BCUT2D eigenvalue weighted by molar-refractivity contribution is 7.79. The number of nitrogens with zero attached hydrogens (tertiary/aromatic N) is 2. The van der Waals surface area contributed by atoms with E-state index in [0.29, 0.717) is 0 Å². The summed E-state index contributed by atoms with van der Waals surface area (Å²) in [6.07, 6.45) is 34.8. The van der Waals surface area contributed by atoms with E-state index in [4.69, 9.17) is 17.5 Å². The van der Waals surface area contributed by atoms with Crippen LogP contribution in [0.1, 0.15) is 182 Å². The van der Waals surface area contributed by atoms with Crippen molar-refractivity contribution in [3.8, 4) is 0 Å². The molecule has 0 aromatic carbocycles. The van der Waals surface area contributed by atoms with E-state index in [2.05, 4.69) is 55.9 Å². The maximum atomic E-state index is 8.52. The SMILES string of the molecule is CCCCCCCCCCCCCC[N+](C)(C)CC.CCCCCCCCCCCCCC[N+](C)(C)CC.O=S(=O)([O-])[O-]. The fourth-order valence-corrected chi connectivity index (χ4v) is 5.08. The first-order chi connectivity index (χ1) is 20.2. The molecular weight excluding hydrogens is 556 g/mol. The fourth-order valence-electron chi connectivity index (χ4n) is 5.08. The quantitative estimate of drug-likeness (QED) is 0.0370. The van der Waals surface area contributed by atoms with Gasteiger partial charge in [-0.15, -0.1) is 0 Å². The topological polar surface area (TPSA) is 80.3 Å². The van der Waals surface area contributed by atoms with Crippen LogP contribution < -0.4 is 0 Å². The van der Waals surface area contributed by atoms with Crippen molar-refractivity contribution >= 4 is 10.4 Å². The van der Waals surface area contributed by atoms with Crippen LogP contribution >= 0.6 is 0 Å². The monoisotopic (exact) mass is 637 g/mol. The van der Waals surface area contributed by atoms with Gasteiger partial charge in [0.1, 0.15) is 0 Å². The van der Waals surface area contributed by atoms with Crippen molar-refractivity contribution in [3.05, 3.63) is 0 Å². The molecule has 0 aliphatic heterocycles. The van der Waals surface area contributed by atoms with Crippen molar-refractivity contribution in [1.82, 2.24) is 0 Å². The van der Waals surface area contributed by atoms with Crippen LogP contribution in [0, 0.1) is 0 Å². The highest BCUT2D eigenvalue weighted by atomic mass is 32.3. The predicted molar refractivity (Wildman–Crippen MR) is 188 cm³/mol. The molecule has 0 bridgehead atoms. The van der Waals surface area contributed by atoms with Crippen LogP contribution in [-0.2, 0) is 10.4 Å². The van der Waals surface area contributed by atoms with Crippen molar-refractivity contribution in [2.24, 2.45) is 0 Å². The zero-order chi connectivity index (χ0) is 33.3. The largest absolute Gasteiger partial charge is 0.759 e. The average molecular weight is 637 g/mol. The van der Waals surface area contributed by atoms with Crippen molar-refractivity contribution in [1.29, 1.82) is 0 Å². The number of rotatable bonds is 28. The Hall–Kier alpha value is -0.210. The summed E-state index contributed by atoms with van der Waals surface area (Å²) in [4.78, 5) is 0. The molecule has 6 nitrogen and oxygen atoms in total. The molecule has 0 aromatic heterocycles. The molecule has 0 aliphatic rings. The van der Waals surface area contributed by atoms with E-state index in [1.165, 1.54) is 189 Å². The van der Waals surface area contributed by atoms with Gasteiger partial charge in [0.25, 0.3) is 0 Å². The summed E-state index contributed by atoms with van der Waals surface area (Å²) in [6.45, 7) is 14.4. The lowest BCUT2D eigenvalue weighted by Gasteiger charge is -2.28. The van der Waals surface area contributed by atoms with Gasteiger partial charge in [-0.3, -0.25) is 8.42 Å². The summed E-state index contributed by atoms with van der Waals surface area (Å²) in [5.41, 5.74) is 0. The molecule has 0 radical (unpaired) electrons. The number of unbranched alkanes of at least 4 members (excludes halogenated alkanes) is 22. The molecule has 0 spiro atoms. The second-order valence-electron chi connectivity index (χ2n) is 14.1. The van der Waals surface area contributed by atoms with Gasteiger partial charge in [0.05, 0.1) is 54.4 Å². The number of quaternary nitrogens is 2. The number of hydrogen-bond acceptors (Lipinski definition) is 4. The van der Waals surface area contributed by atoms with Gasteiger partial charge in [-0.05, 0) is 39.5 Å². The molecule has 0 aliphatic carbocycles. The smallest absolute Gasteiger partial charge is 0.0782 e. The van der Waals surface area contributed by atoms with Crippen LogP contribution in [0.3, 0.4) is 0 Å². The molecule has 0 heterocycles. The lowest BCUT2D eigenvalue weighted by molar-refractivity contribution is -0.888. The van der Waals surface area contributed by atoms with Gasteiger partial charge in [0.15, 0.2) is 0 Å². The first-order valence-electron chi connectivity index (χ1n) is 18.5. The lowest BCUT2D eigenvalue weighted by Crippen LogP contribution is -2.39. The fraction of sp³-hybridized carbons (Fsp3) is 1.00. The minimum Gasteiger partial charge on any atom is -0.759 e.